The van der Waals surface area contributed by atoms with Gasteiger partial charge in [0.1, 0.15) is 71.3 Å². The van der Waals surface area contributed by atoms with E-state index in [1.807, 2.05) is 119 Å². The molecule has 0 aliphatic heterocycles. The van der Waals surface area contributed by atoms with Gasteiger partial charge in [0.15, 0.2) is 23.0 Å². The van der Waals surface area contributed by atoms with Gasteiger partial charge in [0.25, 0.3) is 0 Å². The highest BCUT2D eigenvalue weighted by Gasteiger charge is 2.37. The zero-order valence-electron chi connectivity index (χ0n) is 72.7. The van der Waals surface area contributed by atoms with Crippen molar-refractivity contribution in [3.63, 3.8) is 0 Å². The summed E-state index contributed by atoms with van der Waals surface area (Å²) >= 11 is 11.0. The normalized spacial score (nSPS) is 11.2. The van der Waals surface area contributed by atoms with Crippen LogP contribution in [0.2, 0.25) is 5.02 Å². The number of phenols is 4. The lowest BCUT2D eigenvalue weighted by Gasteiger charge is -2.12. The summed E-state index contributed by atoms with van der Waals surface area (Å²) in [5.41, 5.74) is 8.36. The molecule has 4 aromatic heterocycles. The molecule has 0 atom stereocenters. The number of alkyl halides is 3. The van der Waals surface area contributed by atoms with Gasteiger partial charge in [-0.2, -0.15) is 13.2 Å². The number of rotatable bonds is 32. The molecule has 25 heteroatoms. The van der Waals surface area contributed by atoms with Gasteiger partial charge < -0.3 is 60.6 Å². The number of nitrogens with one attached hydrogen (secondary N) is 4. The predicted octanol–water partition coefficient (Wildman–Crippen LogP) is 26.2. The summed E-state index contributed by atoms with van der Waals surface area (Å²) in [7, 11) is 0. The van der Waals surface area contributed by atoms with Crippen LogP contribution in [0, 0.1) is 33.5 Å². The largest absolute Gasteiger partial charge is 0.508 e. The first kappa shape index (κ1) is 95.0. The van der Waals surface area contributed by atoms with Crippen molar-refractivity contribution in [2.75, 3.05) is 52.4 Å². The van der Waals surface area contributed by atoms with E-state index in [-0.39, 0.29) is 56.8 Å². The number of hydrogen-bond donors (Lipinski definition) is 8. The first-order valence-corrected chi connectivity index (χ1v) is 46.2. The van der Waals surface area contributed by atoms with Crippen molar-refractivity contribution >= 4 is 120 Å². The quantitative estimate of drug-likeness (QED) is 0.0111. The Labute approximate surface area is 772 Å². The molecular formula is C105H97ClF4N4O12S4. The molecule has 130 heavy (non-hydrogen) atoms. The molecule has 16 aromatic rings. The van der Waals surface area contributed by atoms with Gasteiger partial charge in [0.05, 0.1) is 5.56 Å². The number of aryl methyl sites for hydroxylation is 4. The van der Waals surface area contributed by atoms with Crippen LogP contribution in [-0.2, 0) is 31.9 Å². The molecule has 0 aliphatic carbocycles. The zero-order valence-corrected chi connectivity index (χ0v) is 76.8. The standard InChI is InChI=1S/C27H27NO3S.C26H24ClNO3S.C26H22F3NO3S.C26H24FNO3S/c1-4-28-14-13-19-6-9-21(10-7-19)31-26-23-12-8-20(29)16-24(23)32-27(26)25(30)22-11-5-17(2)15-18(22)3;1-3-28-13-12-17-4-8-20(9-5-17)31-25-22-11-7-19(29)15-23(22)32-26(25)24(30)21-10-6-18(27)14-16(21)2;1-2-30-14-13-16-7-10-18(11-8-16)33-24-20-12-9-17(31)15-22(20)34-25(24)23(32)19-5-3-4-6-21(19)26(27,28)29;1-3-28-13-12-17-4-8-20(9-5-17)31-25-22-11-7-19(29)15-23(22)32-26(25)24(30)21-10-6-18(27)14-16(21)2/h5-12,15-16,28-29H,4,13-14H2,1-3H3;4-11,14-15,28-29H,3,12-13H2,1-2H3;3-12,15,30-31H,2,13-14H2,1H3;4-11,14-15,28-29H,3,12-13H2,1-2H3. The average Bonchev–Trinajstić information content (AvgIpc) is 1.57. The van der Waals surface area contributed by atoms with Crippen LogP contribution in [0.1, 0.15) is 139 Å². The number of phenolic OH excluding ortho intramolecular Hbond substituents is 4. The van der Waals surface area contributed by atoms with E-state index in [0.29, 0.717) is 92.2 Å². The zero-order chi connectivity index (χ0) is 92.3. The van der Waals surface area contributed by atoms with Crippen LogP contribution in [-0.4, -0.2) is 95.9 Å². The van der Waals surface area contributed by atoms with Gasteiger partial charge in [-0.15, -0.1) is 45.3 Å². The topological polar surface area (TPSA) is 234 Å². The Kier molecular flexibility index (Phi) is 32.3. The molecule has 0 bridgehead atoms. The number of ketones is 4. The van der Waals surface area contributed by atoms with Crippen molar-refractivity contribution < 1.29 is 76.1 Å². The maximum absolute atomic E-state index is 13.6. The first-order chi connectivity index (χ1) is 62.6. The summed E-state index contributed by atoms with van der Waals surface area (Å²) in [5, 5.41) is 56.3. The fourth-order valence-corrected chi connectivity index (χ4v) is 19.2. The van der Waals surface area contributed by atoms with Crippen LogP contribution in [0.5, 0.6) is 69.0 Å². The number of hydrogen-bond acceptors (Lipinski definition) is 20. The number of likely N-dealkylation sites (N-methyl/N-ethyl adjacent to an activating group) is 4. The molecule has 16 rings (SSSR count). The number of ether oxygens (including phenoxy) is 4. The van der Waals surface area contributed by atoms with E-state index in [4.69, 9.17) is 30.5 Å². The summed E-state index contributed by atoms with van der Waals surface area (Å²) in [6.07, 6.45) is -1.03. The van der Waals surface area contributed by atoms with Crippen LogP contribution in [0.15, 0.2) is 249 Å². The Balaban J connectivity index is 0.000000148. The van der Waals surface area contributed by atoms with Crippen molar-refractivity contribution in [1.29, 1.82) is 0 Å². The maximum Gasteiger partial charge on any atom is 0.417 e. The third-order valence-corrected chi connectivity index (χ3v) is 26.0. The molecule has 0 radical (unpaired) electrons. The molecule has 0 saturated heterocycles. The van der Waals surface area contributed by atoms with E-state index >= 15 is 0 Å². The molecular weight excluding hydrogens is 1750 g/mol. The fraction of sp³-hybridized carbons (Fsp3) is 0.200. The Bertz CT molecular complexity index is 6240. The maximum atomic E-state index is 13.6. The van der Waals surface area contributed by atoms with E-state index in [9.17, 15) is 57.2 Å². The molecule has 0 amide bonds. The number of aromatic hydroxyl groups is 4. The second-order valence-corrected chi connectivity index (χ2v) is 35.4. The summed E-state index contributed by atoms with van der Waals surface area (Å²) < 4.78 is 81.9. The molecule has 0 spiro atoms. The highest BCUT2D eigenvalue weighted by atomic mass is 35.5. The van der Waals surface area contributed by atoms with Gasteiger partial charge in [0.2, 0.25) is 23.1 Å². The number of carbonyl (C=O) groups is 4. The van der Waals surface area contributed by atoms with Gasteiger partial charge >= 0.3 is 6.18 Å². The van der Waals surface area contributed by atoms with Crippen molar-refractivity contribution in [1.82, 2.24) is 21.3 Å². The number of halogens is 5. The number of fused-ring (bicyclic) bond motifs is 4. The highest BCUT2D eigenvalue weighted by molar-refractivity contribution is 7.22. The Hall–Kier alpha value is -12.6. The minimum atomic E-state index is -4.68. The summed E-state index contributed by atoms with van der Waals surface area (Å²) in [4.78, 5) is 55.2. The minimum Gasteiger partial charge on any atom is -0.508 e. The van der Waals surface area contributed by atoms with Crippen LogP contribution in [0.3, 0.4) is 0 Å². The third kappa shape index (κ3) is 23.9. The van der Waals surface area contributed by atoms with Crippen molar-refractivity contribution in [2.45, 2.75) is 87.2 Å². The summed E-state index contributed by atoms with van der Waals surface area (Å²) in [6, 6.07) is 70.6. The third-order valence-electron chi connectivity index (χ3n) is 21.2. The Morgan fingerprint density at radius 3 is 0.915 bits per heavy atom. The number of benzene rings is 12. The van der Waals surface area contributed by atoms with Gasteiger partial charge in [-0.1, -0.05) is 130 Å². The molecule has 0 aliphatic rings. The Morgan fingerprint density at radius 1 is 0.338 bits per heavy atom. The van der Waals surface area contributed by atoms with Crippen molar-refractivity contribution in [2.24, 2.45) is 0 Å². The van der Waals surface area contributed by atoms with Gasteiger partial charge in [-0.25, -0.2) is 4.39 Å². The molecule has 12 aromatic carbocycles. The second kappa shape index (κ2) is 44.1. The molecule has 4 heterocycles. The van der Waals surface area contributed by atoms with Crippen molar-refractivity contribution in [3.8, 4) is 69.0 Å². The molecule has 0 fully saturated rings. The van der Waals surface area contributed by atoms with Crippen LogP contribution in [0.4, 0.5) is 17.6 Å². The summed E-state index contributed by atoms with van der Waals surface area (Å²) in [5.74, 6) is 2.89. The van der Waals surface area contributed by atoms with Gasteiger partial charge in [0, 0.05) is 67.6 Å². The lowest BCUT2D eigenvalue weighted by Crippen LogP contribution is -2.15. The van der Waals surface area contributed by atoms with Gasteiger partial charge in [-0.3, -0.25) is 19.2 Å². The molecule has 0 unspecified atom stereocenters. The Morgan fingerprint density at radius 2 is 0.623 bits per heavy atom. The molecule has 16 nitrogen and oxygen atoms in total. The first-order valence-electron chi connectivity index (χ1n) is 42.5. The number of carbonyl (C=O) groups excluding carboxylic acids is 4. The molecule has 8 N–H and O–H groups in total. The monoisotopic (exact) mass is 1840 g/mol. The van der Waals surface area contributed by atoms with Crippen LogP contribution in [0.25, 0.3) is 40.3 Å². The van der Waals surface area contributed by atoms with Crippen LogP contribution < -0.4 is 40.2 Å². The fourth-order valence-electron chi connectivity index (χ4n) is 14.5. The van der Waals surface area contributed by atoms with E-state index < -0.39 is 23.1 Å². The van der Waals surface area contributed by atoms with Gasteiger partial charge in [-0.05, 0) is 308 Å². The lowest BCUT2D eigenvalue weighted by atomic mass is 10.0. The molecule has 0 saturated carbocycles. The summed E-state index contributed by atoms with van der Waals surface area (Å²) in [6.45, 7) is 23.2. The van der Waals surface area contributed by atoms with E-state index in [1.54, 1.807) is 97.9 Å². The average molecular weight is 1850 g/mol. The highest BCUT2D eigenvalue weighted by Crippen LogP contribution is 2.49. The number of thiophene rings is 4. The second-order valence-electron chi connectivity index (χ2n) is 30.8. The van der Waals surface area contributed by atoms with E-state index in [1.165, 1.54) is 93.2 Å². The molecule has 668 valence electrons. The van der Waals surface area contributed by atoms with Crippen molar-refractivity contribution in [3.05, 3.63) is 351 Å². The predicted molar refractivity (Wildman–Crippen MR) is 517 cm³/mol. The smallest absolute Gasteiger partial charge is 0.417 e. The van der Waals surface area contributed by atoms with E-state index in [0.717, 1.165) is 154 Å². The SMILES string of the molecule is CCNCCc1ccc(Oc2c(C(=O)c3ccc(C)cc3C)sc3cc(O)ccc23)cc1.CCNCCc1ccc(Oc2c(C(=O)c3ccc(Cl)cc3C)sc3cc(O)ccc23)cc1.CCNCCc1ccc(Oc2c(C(=O)c3ccc(F)cc3C)sc3cc(O)ccc23)cc1.CCNCCc1ccc(Oc2c(C(=O)c3ccccc3C(F)(F)F)sc3cc(O)ccc23)cc1. The minimum absolute atomic E-state index is 0.0139. The van der Waals surface area contributed by atoms with E-state index in [2.05, 4.69) is 54.2 Å². The van der Waals surface area contributed by atoms with Crippen LogP contribution >= 0.6 is 56.9 Å². The lowest BCUT2D eigenvalue weighted by molar-refractivity contribution is -0.137.